The van der Waals surface area contributed by atoms with Gasteiger partial charge in [0.1, 0.15) is 12.2 Å². The molecule has 0 saturated carbocycles. The summed E-state index contributed by atoms with van der Waals surface area (Å²) in [5, 5.41) is 13.9. The lowest BCUT2D eigenvalue weighted by Crippen LogP contribution is -2.50. The first kappa shape index (κ1) is 26.0. The number of hydrogen-bond acceptors (Lipinski definition) is 5. The topological polar surface area (TPSA) is 84.9 Å². The molecular weight excluding hydrogens is 382 g/mol. The van der Waals surface area contributed by atoms with Gasteiger partial charge in [0.15, 0.2) is 0 Å². The van der Waals surface area contributed by atoms with Gasteiger partial charge in [0, 0.05) is 0 Å². The van der Waals surface area contributed by atoms with Crippen molar-refractivity contribution in [3.8, 4) is 0 Å². The SMILES string of the molecule is CC(C)C[C@H](NC(=O)OC(C)(C)C)[C@H](O)[C@@H](CC(C)C)C(=O)OCc1ccccc1. The van der Waals surface area contributed by atoms with Crippen LogP contribution < -0.4 is 5.32 Å². The normalized spacial score (nSPS) is 14.9. The molecule has 0 heterocycles. The van der Waals surface area contributed by atoms with Crippen molar-refractivity contribution in [2.45, 2.75) is 85.7 Å². The van der Waals surface area contributed by atoms with E-state index < -0.39 is 35.7 Å². The third-order valence-corrected chi connectivity index (χ3v) is 4.50. The quantitative estimate of drug-likeness (QED) is 0.535. The van der Waals surface area contributed by atoms with E-state index in [2.05, 4.69) is 5.32 Å². The molecule has 0 unspecified atom stereocenters. The van der Waals surface area contributed by atoms with Crippen molar-refractivity contribution in [2.24, 2.45) is 17.8 Å². The van der Waals surface area contributed by atoms with Gasteiger partial charge in [-0.15, -0.1) is 0 Å². The summed E-state index contributed by atoms with van der Waals surface area (Å²) in [6, 6.07) is 8.81. The van der Waals surface area contributed by atoms with Crippen molar-refractivity contribution < 1.29 is 24.2 Å². The maximum atomic E-state index is 12.9. The molecule has 0 aromatic heterocycles. The van der Waals surface area contributed by atoms with Crippen LogP contribution in [-0.2, 0) is 20.9 Å². The molecule has 0 fully saturated rings. The summed E-state index contributed by atoms with van der Waals surface area (Å²) < 4.78 is 10.9. The number of hydrogen-bond donors (Lipinski definition) is 2. The molecule has 1 aromatic rings. The predicted octanol–water partition coefficient (Wildman–Crippen LogP) is 4.69. The molecule has 0 aliphatic heterocycles. The first-order chi connectivity index (χ1) is 13.9. The van der Waals surface area contributed by atoms with E-state index in [0.29, 0.717) is 12.8 Å². The number of alkyl carbamates (subject to hydrolysis) is 1. The molecule has 0 saturated heterocycles. The summed E-state index contributed by atoms with van der Waals surface area (Å²) in [6.45, 7) is 13.5. The fraction of sp³-hybridized carbons (Fsp3) is 0.667. The molecule has 6 heteroatoms. The van der Waals surface area contributed by atoms with E-state index in [1.54, 1.807) is 20.8 Å². The summed E-state index contributed by atoms with van der Waals surface area (Å²) in [6.07, 6.45) is -0.709. The van der Waals surface area contributed by atoms with Crippen molar-refractivity contribution in [3.05, 3.63) is 35.9 Å². The highest BCUT2D eigenvalue weighted by Crippen LogP contribution is 2.24. The molecule has 3 atom stereocenters. The van der Waals surface area contributed by atoms with Crippen LogP contribution in [-0.4, -0.2) is 34.9 Å². The highest BCUT2D eigenvalue weighted by Gasteiger charge is 2.36. The van der Waals surface area contributed by atoms with Crippen LogP contribution in [0.3, 0.4) is 0 Å². The number of ether oxygens (including phenoxy) is 2. The number of carbonyl (C=O) groups excluding carboxylic acids is 2. The van der Waals surface area contributed by atoms with E-state index in [-0.39, 0.29) is 18.4 Å². The molecule has 0 radical (unpaired) electrons. The van der Waals surface area contributed by atoms with Crippen LogP contribution in [0.4, 0.5) is 4.79 Å². The number of esters is 1. The van der Waals surface area contributed by atoms with Crippen LogP contribution in [0.5, 0.6) is 0 Å². The Morgan fingerprint density at radius 1 is 1.00 bits per heavy atom. The number of amides is 1. The highest BCUT2D eigenvalue weighted by atomic mass is 16.6. The number of nitrogens with one attached hydrogen (secondary N) is 1. The van der Waals surface area contributed by atoms with Gasteiger partial charge in [0.25, 0.3) is 0 Å². The second-order valence-corrected chi connectivity index (χ2v) is 9.70. The third-order valence-electron chi connectivity index (χ3n) is 4.50. The highest BCUT2D eigenvalue weighted by molar-refractivity contribution is 5.74. The van der Waals surface area contributed by atoms with E-state index in [0.717, 1.165) is 5.56 Å². The zero-order valence-corrected chi connectivity index (χ0v) is 19.5. The Bertz CT molecular complexity index is 651. The Kier molecular flexibility index (Phi) is 10.3. The smallest absolute Gasteiger partial charge is 0.407 e. The Morgan fingerprint density at radius 3 is 2.07 bits per heavy atom. The van der Waals surface area contributed by atoms with Gasteiger partial charge in [0.05, 0.1) is 18.1 Å². The van der Waals surface area contributed by atoms with E-state index in [1.807, 2.05) is 58.0 Å². The molecule has 1 aromatic carbocycles. The Morgan fingerprint density at radius 2 is 1.57 bits per heavy atom. The molecule has 170 valence electrons. The van der Waals surface area contributed by atoms with Crippen molar-refractivity contribution in [3.63, 3.8) is 0 Å². The van der Waals surface area contributed by atoms with Gasteiger partial charge in [-0.25, -0.2) is 4.79 Å². The Hall–Kier alpha value is -2.08. The second-order valence-electron chi connectivity index (χ2n) is 9.70. The fourth-order valence-electron chi connectivity index (χ4n) is 3.25. The molecule has 2 N–H and O–H groups in total. The molecule has 6 nitrogen and oxygen atoms in total. The van der Waals surface area contributed by atoms with E-state index in [4.69, 9.17) is 9.47 Å². The van der Waals surface area contributed by atoms with Gasteiger partial charge in [-0.1, -0.05) is 58.0 Å². The average Bonchev–Trinajstić information content (AvgIpc) is 2.62. The van der Waals surface area contributed by atoms with Gasteiger partial charge in [0.2, 0.25) is 0 Å². The predicted molar refractivity (Wildman–Crippen MR) is 118 cm³/mol. The molecule has 0 bridgehead atoms. The first-order valence-corrected chi connectivity index (χ1v) is 10.8. The zero-order valence-electron chi connectivity index (χ0n) is 19.5. The number of aliphatic hydroxyl groups is 1. The fourth-order valence-corrected chi connectivity index (χ4v) is 3.25. The van der Waals surface area contributed by atoms with Gasteiger partial charge in [-0.05, 0) is 51.0 Å². The van der Waals surface area contributed by atoms with Gasteiger partial charge < -0.3 is 19.9 Å². The molecule has 1 amide bonds. The second kappa shape index (κ2) is 11.9. The molecular formula is C24H39NO5. The largest absolute Gasteiger partial charge is 0.461 e. The maximum Gasteiger partial charge on any atom is 0.407 e. The summed E-state index contributed by atoms with van der Waals surface area (Å²) >= 11 is 0. The lowest BCUT2D eigenvalue weighted by molar-refractivity contribution is -0.155. The lowest BCUT2D eigenvalue weighted by Gasteiger charge is -2.32. The minimum atomic E-state index is -1.08. The number of carbonyl (C=O) groups is 2. The molecule has 30 heavy (non-hydrogen) atoms. The van der Waals surface area contributed by atoms with Gasteiger partial charge >= 0.3 is 12.1 Å². The van der Waals surface area contributed by atoms with Crippen LogP contribution >= 0.6 is 0 Å². The zero-order chi connectivity index (χ0) is 22.9. The number of benzene rings is 1. The number of aliphatic hydroxyl groups excluding tert-OH is 1. The van der Waals surface area contributed by atoms with Crippen molar-refractivity contribution in [2.75, 3.05) is 0 Å². The van der Waals surface area contributed by atoms with E-state index >= 15 is 0 Å². The lowest BCUT2D eigenvalue weighted by atomic mass is 9.85. The van der Waals surface area contributed by atoms with Crippen LogP contribution in [0.2, 0.25) is 0 Å². The molecule has 0 aliphatic rings. The van der Waals surface area contributed by atoms with E-state index in [1.165, 1.54) is 0 Å². The molecule has 0 spiro atoms. The monoisotopic (exact) mass is 421 g/mol. The minimum Gasteiger partial charge on any atom is -0.461 e. The first-order valence-electron chi connectivity index (χ1n) is 10.8. The van der Waals surface area contributed by atoms with Crippen molar-refractivity contribution >= 4 is 12.1 Å². The summed E-state index contributed by atoms with van der Waals surface area (Å²) in [5.74, 6) is -0.818. The van der Waals surface area contributed by atoms with Crippen molar-refractivity contribution in [1.82, 2.24) is 5.32 Å². The van der Waals surface area contributed by atoms with E-state index in [9.17, 15) is 14.7 Å². The maximum absolute atomic E-state index is 12.9. The third kappa shape index (κ3) is 10.1. The van der Waals surface area contributed by atoms with Crippen LogP contribution in [0.15, 0.2) is 30.3 Å². The number of rotatable bonds is 10. The minimum absolute atomic E-state index is 0.148. The summed E-state index contributed by atoms with van der Waals surface area (Å²) in [7, 11) is 0. The summed E-state index contributed by atoms with van der Waals surface area (Å²) in [4.78, 5) is 25.2. The van der Waals surface area contributed by atoms with Gasteiger partial charge in [-0.2, -0.15) is 0 Å². The van der Waals surface area contributed by atoms with Crippen LogP contribution in [0, 0.1) is 17.8 Å². The van der Waals surface area contributed by atoms with Crippen LogP contribution in [0.1, 0.15) is 66.9 Å². The van der Waals surface area contributed by atoms with Gasteiger partial charge in [-0.3, -0.25) is 4.79 Å². The van der Waals surface area contributed by atoms with Crippen molar-refractivity contribution in [1.29, 1.82) is 0 Å². The Balaban J connectivity index is 2.93. The summed E-state index contributed by atoms with van der Waals surface area (Å²) in [5.41, 5.74) is 0.234. The van der Waals surface area contributed by atoms with Crippen LogP contribution in [0.25, 0.3) is 0 Å². The molecule has 0 aliphatic carbocycles. The Labute approximate surface area is 181 Å². The molecule has 1 rings (SSSR count). The standard InChI is InChI=1S/C24H39NO5/c1-16(2)13-19(22(27)29-15-18-11-9-8-10-12-18)21(26)20(14-17(3)4)25-23(28)30-24(5,6)7/h8-12,16-17,19-21,26H,13-15H2,1-7H3,(H,25,28)/t19-,20+,21-/m1/s1. The average molecular weight is 422 g/mol.